The van der Waals surface area contributed by atoms with Crippen LogP contribution < -0.4 is 5.32 Å². The number of pyridine rings is 2. The van der Waals surface area contributed by atoms with Gasteiger partial charge in [-0.2, -0.15) is 5.10 Å². The Labute approximate surface area is 159 Å². The topological polar surface area (TPSA) is 116 Å². The maximum absolute atomic E-state index is 11.4. The highest BCUT2D eigenvalue weighted by Crippen LogP contribution is 2.25. The molecule has 138 valence electrons. The van der Waals surface area contributed by atoms with Gasteiger partial charge in [0.25, 0.3) is 0 Å². The van der Waals surface area contributed by atoms with Crippen molar-refractivity contribution >= 4 is 43.2 Å². The molecular formula is C16H15N7O2S2. The summed E-state index contributed by atoms with van der Waals surface area (Å²) >= 11 is 1.18. The van der Waals surface area contributed by atoms with Crippen LogP contribution in [0.1, 0.15) is 5.01 Å². The van der Waals surface area contributed by atoms with Crippen LogP contribution in [0.15, 0.2) is 36.8 Å². The number of aromatic nitrogens is 6. The van der Waals surface area contributed by atoms with E-state index in [1.165, 1.54) is 17.6 Å². The highest BCUT2D eigenvalue weighted by molar-refractivity contribution is 7.90. The van der Waals surface area contributed by atoms with Crippen LogP contribution in [0.25, 0.3) is 22.2 Å². The van der Waals surface area contributed by atoms with E-state index in [-0.39, 0.29) is 5.75 Å². The lowest BCUT2D eigenvalue weighted by Crippen LogP contribution is -1.99. The molecule has 0 aliphatic heterocycles. The van der Waals surface area contributed by atoms with Crippen molar-refractivity contribution in [3.8, 4) is 11.1 Å². The lowest BCUT2D eigenvalue weighted by molar-refractivity contribution is 0.600. The molecule has 0 fully saturated rings. The second kappa shape index (κ2) is 6.67. The minimum Gasteiger partial charge on any atom is -0.315 e. The molecule has 0 saturated heterocycles. The third-order valence-corrected chi connectivity index (χ3v) is 5.48. The fourth-order valence-corrected chi connectivity index (χ4v) is 4.43. The molecule has 9 nitrogen and oxygen atoms in total. The maximum atomic E-state index is 11.4. The van der Waals surface area contributed by atoms with Gasteiger partial charge in [0.05, 0.1) is 17.2 Å². The van der Waals surface area contributed by atoms with Crippen LogP contribution in [-0.4, -0.2) is 44.6 Å². The minimum absolute atomic E-state index is 0.129. The maximum Gasteiger partial charge on any atom is 0.211 e. The number of fused-ring (bicyclic) bond motifs is 1. The summed E-state index contributed by atoms with van der Waals surface area (Å²) < 4.78 is 24.4. The number of sulfone groups is 1. The monoisotopic (exact) mass is 401 g/mol. The molecule has 0 unspecified atom stereocenters. The molecule has 11 heteroatoms. The van der Waals surface area contributed by atoms with Gasteiger partial charge >= 0.3 is 0 Å². The Kier molecular flexibility index (Phi) is 4.32. The summed E-state index contributed by atoms with van der Waals surface area (Å²) in [6, 6.07) is 5.59. The lowest BCUT2D eigenvalue weighted by atomic mass is 10.1. The SMILES string of the molecule is Cn1cc(-c2cnc3ccc(Nc4nnc(CS(C)(=O)=O)s4)nc3c2)cn1. The summed E-state index contributed by atoms with van der Waals surface area (Å²) in [7, 11) is -1.29. The zero-order valence-electron chi connectivity index (χ0n) is 14.5. The third-order valence-electron chi connectivity index (χ3n) is 3.66. The van der Waals surface area contributed by atoms with Crippen molar-refractivity contribution in [3.05, 3.63) is 41.8 Å². The molecule has 0 saturated carbocycles. The van der Waals surface area contributed by atoms with Gasteiger partial charge in [-0.1, -0.05) is 11.3 Å². The van der Waals surface area contributed by atoms with Crippen LogP contribution in [0, 0.1) is 0 Å². The molecule has 4 rings (SSSR count). The van der Waals surface area contributed by atoms with E-state index >= 15 is 0 Å². The van der Waals surface area contributed by atoms with Gasteiger partial charge in [-0.05, 0) is 18.2 Å². The van der Waals surface area contributed by atoms with E-state index in [1.54, 1.807) is 23.1 Å². The minimum atomic E-state index is -3.15. The predicted molar refractivity (Wildman–Crippen MR) is 103 cm³/mol. The number of hydrogen-bond acceptors (Lipinski definition) is 9. The molecule has 0 aliphatic carbocycles. The van der Waals surface area contributed by atoms with Crippen LogP contribution in [0.2, 0.25) is 0 Å². The van der Waals surface area contributed by atoms with Crippen LogP contribution in [-0.2, 0) is 22.6 Å². The summed E-state index contributed by atoms with van der Waals surface area (Å²) in [6.07, 6.45) is 6.64. The van der Waals surface area contributed by atoms with Crippen LogP contribution in [0.3, 0.4) is 0 Å². The van der Waals surface area contributed by atoms with Crippen molar-refractivity contribution in [2.24, 2.45) is 7.05 Å². The van der Waals surface area contributed by atoms with Gasteiger partial charge in [0, 0.05) is 36.8 Å². The van der Waals surface area contributed by atoms with Crippen LogP contribution in [0.4, 0.5) is 10.9 Å². The summed E-state index contributed by atoms with van der Waals surface area (Å²) in [5.41, 5.74) is 3.37. The van der Waals surface area contributed by atoms with Crippen LogP contribution >= 0.6 is 11.3 Å². The van der Waals surface area contributed by atoms with Gasteiger partial charge in [0.2, 0.25) is 5.13 Å². The van der Waals surface area contributed by atoms with Crippen molar-refractivity contribution in [3.63, 3.8) is 0 Å². The van der Waals surface area contributed by atoms with Crippen molar-refractivity contribution in [1.29, 1.82) is 0 Å². The van der Waals surface area contributed by atoms with Crippen molar-refractivity contribution < 1.29 is 8.42 Å². The van der Waals surface area contributed by atoms with Crippen molar-refractivity contribution in [2.45, 2.75) is 5.75 Å². The van der Waals surface area contributed by atoms with E-state index in [2.05, 4.69) is 30.6 Å². The zero-order valence-corrected chi connectivity index (χ0v) is 16.1. The Balaban J connectivity index is 1.61. The highest BCUT2D eigenvalue weighted by Gasteiger charge is 2.11. The Hall–Kier alpha value is -2.92. The number of hydrogen-bond donors (Lipinski definition) is 1. The molecule has 0 aliphatic rings. The fraction of sp³-hybridized carbons (Fsp3) is 0.188. The molecule has 0 atom stereocenters. The third kappa shape index (κ3) is 4.09. The average molecular weight is 401 g/mol. The Morgan fingerprint density at radius 1 is 1.15 bits per heavy atom. The molecule has 0 radical (unpaired) electrons. The quantitative estimate of drug-likeness (QED) is 0.541. The average Bonchev–Trinajstić information content (AvgIpc) is 3.22. The summed E-state index contributed by atoms with van der Waals surface area (Å²) in [5.74, 6) is 0.449. The molecule has 4 aromatic rings. The largest absolute Gasteiger partial charge is 0.315 e. The number of nitrogens with zero attached hydrogens (tertiary/aromatic N) is 6. The van der Waals surface area contributed by atoms with Crippen LogP contribution in [0.5, 0.6) is 0 Å². The molecule has 0 amide bonds. The molecule has 4 heterocycles. The number of anilines is 2. The first-order valence-corrected chi connectivity index (χ1v) is 10.8. The van der Waals surface area contributed by atoms with Gasteiger partial charge in [0.15, 0.2) is 9.84 Å². The van der Waals surface area contributed by atoms with E-state index in [0.717, 1.165) is 22.2 Å². The smallest absolute Gasteiger partial charge is 0.211 e. The first kappa shape index (κ1) is 17.5. The summed E-state index contributed by atoms with van der Waals surface area (Å²) in [6.45, 7) is 0. The molecule has 4 aromatic heterocycles. The fourth-order valence-electron chi connectivity index (χ4n) is 2.50. The number of nitrogens with one attached hydrogen (secondary N) is 1. The normalized spacial score (nSPS) is 11.8. The Bertz CT molecular complexity index is 1230. The first-order valence-electron chi connectivity index (χ1n) is 7.89. The Morgan fingerprint density at radius 2 is 2.00 bits per heavy atom. The molecule has 27 heavy (non-hydrogen) atoms. The van der Waals surface area contributed by atoms with Gasteiger partial charge in [-0.15, -0.1) is 10.2 Å². The van der Waals surface area contributed by atoms with E-state index < -0.39 is 9.84 Å². The standard InChI is InChI=1S/C16H15N7O2S2/c1-23-8-11(7-18-23)10-5-13-12(17-6-10)3-4-14(19-13)20-16-22-21-15(26-16)9-27(2,24)25/h3-8H,9H2,1-2H3,(H,19,20,22). The number of rotatable bonds is 5. The molecule has 1 N–H and O–H groups in total. The van der Waals surface area contributed by atoms with Gasteiger partial charge in [0.1, 0.15) is 16.6 Å². The molecule has 0 bridgehead atoms. The van der Waals surface area contributed by atoms with E-state index in [0.29, 0.717) is 16.0 Å². The van der Waals surface area contributed by atoms with Gasteiger partial charge < -0.3 is 5.32 Å². The van der Waals surface area contributed by atoms with E-state index in [4.69, 9.17) is 0 Å². The number of aryl methyl sites for hydroxylation is 1. The predicted octanol–water partition coefficient (Wildman–Crippen LogP) is 2.17. The van der Waals surface area contributed by atoms with Crippen molar-refractivity contribution in [2.75, 3.05) is 11.6 Å². The highest BCUT2D eigenvalue weighted by atomic mass is 32.2. The second-order valence-corrected chi connectivity index (χ2v) is 9.26. The zero-order chi connectivity index (χ0) is 19.0. The van der Waals surface area contributed by atoms with E-state index in [1.807, 2.05) is 25.4 Å². The van der Waals surface area contributed by atoms with Gasteiger partial charge in [-0.25, -0.2) is 13.4 Å². The second-order valence-electron chi connectivity index (χ2n) is 6.06. The molecular weight excluding hydrogens is 386 g/mol. The summed E-state index contributed by atoms with van der Waals surface area (Å²) in [5, 5.41) is 16.0. The van der Waals surface area contributed by atoms with E-state index in [9.17, 15) is 8.42 Å². The van der Waals surface area contributed by atoms with Crippen molar-refractivity contribution in [1.82, 2.24) is 29.9 Å². The first-order chi connectivity index (χ1) is 12.9. The van der Waals surface area contributed by atoms with Gasteiger partial charge in [-0.3, -0.25) is 9.67 Å². The summed E-state index contributed by atoms with van der Waals surface area (Å²) in [4.78, 5) is 9.01. The Morgan fingerprint density at radius 3 is 2.74 bits per heavy atom. The molecule has 0 aromatic carbocycles. The lowest BCUT2D eigenvalue weighted by Gasteiger charge is -2.04. The molecule has 0 spiro atoms.